The first-order valence-corrected chi connectivity index (χ1v) is 6.88. The second-order valence-electron chi connectivity index (χ2n) is 5.19. The van der Waals surface area contributed by atoms with E-state index >= 15 is 0 Å². The van der Waals surface area contributed by atoms with E-state index in [1.165, 1.54) is 12.1 Å². The Morgan fingerprint density at radius 2 is 1.81 bits per heavy atom. The lowest BCUT2D eigenvalue weighted by Gasteiger charge is -2.34. The van der Waals surface area contributed by atoms with Crippen molar-refractivity contribution in [2.75, 3.05) is 26.2 Å². The number of H-pyrrole nitrogens is 1. The smallest absolute Gasteiger partial charge is 0.317 e. The van der Waals surface area contributed by atoms with Gasteiger partial charge in [-0.05, 0) is 19.9 Å². The van der Waals surface area contributed by atoms with Crippen LogP contribution in [0.4, 0.5) is 4.79 Å². The van der Waals surface area contributed by atoms with E-state index in [2.05, 4.69) is 15.5 Å². The van der Waals surface area contributed by atoms with Gasteiger partial charge < -0.3 is 15.1 Å². The Hall–Kier alpha value is -2.38. The van der Waals surface area contributed by atoms with Crippen LogP contribution in [0.1, 0.15) is 24.3 Å². The zero-order chi connectivity index (χ0) is 15.4. The number of aromatic amines is 1. The first kappa shape index (κ1) is 15.0. The van der Waals surface area contributed by atoms with Crippen LogP contribution in [0.2, 0.25) is 0 Å². The molecule has 0 saturated carbocycles. The summed E-state index contributed by atoms with van der Waals surface area (Å²) in [6.07, 6.45) is 0. The molecule has 21 heavy (non-hydrogen) atoms. The Bertz CT molecular complexity index is 555. The van der Waals surface area contributed by atoms with Gasteiger partial charge in [0.15, 0.2) is 0 Å². The first-order chi connectivity index (χ1) is 9.97. The molecule has 0 spiro atoms. The summed E-state index contributed by atoms with van der Waals surface area (Å²) in [4.78, 5) is 38.3. The lowest BCUT2D eigenvalue weighted by molar-refractivity contribution is 0.0657. The van der Waals surface area contributed by atoms with E-state index in [0.29, 0.717) is 26.2 Å². The number of amides is 3. The number of hydrogen-bond acceptors (Lipinski definition) is 4. The fraction of sp³-hybridized carbons (Fsp3) is 0.538. The van der Waals surface area contributed by atoms with E-state index in [0.717, 1.165) is 0 Å². The van der Waals surface area contributed by atoms with Crippen LogP contribution in [0.15, 0.2) is 16.9 Å². The minimum absolute atomic E-state index is 0.0857. The third kappa shape index (κ3) is 3.80. The second kappa shape index (κ2) is 6.38. The summed E-state index contributed by atoms with van der Waals surface area (Å²) in [6.45, 7) is 5.66. The molecule has 2 N–H and O–H groups in total. The van der Waals surface area contributed by atoms with Crippen LogP contribution in [0.3, 0.4) is 0 Å². The SMILES string of the molecule is CC(C)NC(=O)N1CCN(C(=O)c2ccc(=O)[nH]n2)CC1. The summed E-state index contributed by atoms with van der Waals surface area (Å²) in [5.74, 6) is -0.241. The molecule has 0 atom stereocenters. The summed E-state index contributed by atoms with van der Waals surface area (Å²) < 4.78 is 0. The highest BCUT2D eigenvalue weighted by Gasteiger charge is 2.25. The standard InChI is InChI=1S/C13H19N5O3/c1-9(2)14-13(21)18-7-5-17(6-8-18)12(20)10-3-4-11(19)16-15-10/h3-4,9H,5-8H2,1-2H3,(H,14,21)(H,16,19). The molecule has 1 aliphatic rings. The molecular formula is C13H19N5O3. The summed E-state index contributed by atoms with van der Waals surface area (Å²) in [6, 6.07) is 2.65. The van der Waals surface area contributed by atoms with E-state index in [1.54, 1.807) is 9.80 Å². The normalized spacial score (nSPS) is 15.2. The summed E-state index contributed by atoms with van der Waals surface area (Å²) in [5, 5.41) is 8.79. The highest BCUT2D eigenvalue weighted by Crippen LogP contribution is 2.06. The van der Waals surface area contributed by atoms with Crippen LogP contribution < -0.4 is 10.9 Å². The molecule has 8 nitrogen and oxygen atoms in total. The minimum atomic E-state index is -0.346. The largest absolute Gasteiger partial charge is 0.336 e. The zero-order valence-corrected chi connectivity index (χ0v) is 12.1. The van der Waals surface area contributed by atoms with Crippen LogP contribution >= 0.6 is 0 Å². The molecule has 2 rings (SSSR count). The number of urea groups is 1. The fourth-order valence-electron chi connectivity index (χ4n) is 2.08. The first-order valence-electron chi connectivity index (χ1n) is 6.88. The molecule has 2 heterocycles. The molecule has 0 bridgehead atoms. The van der Waals surface area contributed by atoms with Gasteiger partial charge in [0.2, 0.25) is 0 Å². The number of rotatable bonds is 2. The van der Waals surface area contributed by atoms with E-state index in [-0.39, 0.29) is 29.2 Å². The fourth-order valence-corrected chi connectivity index (χ4v) is 2.08. The van der Waals surface area contributed by atoms with Crippen molar-refractivity contribution in [1.29, 1.82) is 0 Å². The molecule has 1 aliphatic heterocycles. The van der Waals surface area contributed by atoms with Gasteiger partial charge in [0.05, 0.1) is 0 Å². The third-order valence-electron chi connectivity index (χ3n) is 3.16. The van der Waals surface area contributed by atoms with Gasteiger partial charge in [0.25, 0.3) is 11.5 Å². The van der Waals surface area contributed by atoms with E-state index < -0.39 is 0 Å². The van der Waals surface area contributed by atoms with Gasteiger partial charge in [-0.3, -0.25) is 9.59 Å². The maximum atomic E-state index is 12.2. The number of nitrogens with zero attached hydrogens (tertiary/aromatic N) is 3. The molecule has 1 aromatic heterocycles. The number of carbonyl (C=O) groups is 2. The predicted molar refractivity (Wildman–Crippen MR) is 76.0 cm³/mol. The predicted octanol–water partition coefficient (Wildman–Crippen LogP) is -0.354. The van der Waals surface area contributed by atoms with Crippen LogP contribution in [-0.2, 0) is 0 Å². The van der Waals surface area contributed by atoms with Gasteiger partial charge in [-0.1, -0.05) is 0 Å². The van der Waals surface area contributed by atoms with Crippen molar-refractivity contribution in [2.24, 2.45) is 0 Å². The monoisotopic (exact) mass is 293 g/mol. The van der Waals surface area contributed by atoms with Crippen molar-refractivity contribution < 1.29 is 9.59 Å². The van der Waals surface area contributed by atoms with Crippen molar-refractivity contribution in [3.63, 3.8) is 0 Å². The number of aromatic nitrogens is 2. The van der Waals surface area contributed by atoms with Crippen molar-refractivity contribution in [3.05, 3.63) is 28.2 Å². The molecule has 3 amide bonds. The number of piperazine rings is 1. The maximum Gasteiger partial charge on any atom is 0.317 e. The van der Waals surface area contributed by atoms with E-state index in [1.807, 2.05) is 13.8 Å². The summed E-state index contributed by atoms with van der Waals surface area (Å²) >= 11 is 0. The average molecular weight is 293 g/mol. The van der Waals surface area contributed by atoms with Gasteiger partial charge in [-0.15, -0.1) is 0 Å². The molecule has 0 unspecified atom stereocenters. The molecule has 1 saturated heterocycles. The van der Waals surface area contributed by atoms with Gasteiger partial charge in [-0.25, -0.2) is 9.89 Å². The van der Waals surface area contributed by atoms with Gasteiger partial charge in [0, 0.05) is 38.3 Å². The Morgan fingerprint density at radius 3 is 2.33 bits per heavy atom. The van der Waals surface area contributed by atoms with Gasteiger partial charge in [0.1, 0.15) is 5.69 Å². The molecule has 1 fully saturated rings. The van der Waals surface area contributed by atoms with Crippen molar-refractivity contribution in [2.45, 2.75) is 19.9 Å². The molecule has 1 aromatic rings. The minimum Gasteiger partial charge on any atom is -0.336 e. The molecule has 8 heteroatoms. The highest BCUT2D eigenvalue weighted by molar-refractivity contribution is 5.92. The molecular weight excluding hydrogens is 274 g/mol. The van der Waals surface area contributed by atoms with Crippen LogP contribution in [0, 0.1) is 0 Å². The van der Waals surface area contributed by atoms with Gasteiger partial charge in [-0.2, -0.15) is 5.10 Å². The summed E-state index contributed by atoms with van der Waals surface area (Å²) in [5.41, 5.74) is -0.142. The van der Waals surface area contributed by atoms with Crippen molar-refractivity contribution in [1.82, 2.24) is 25.3 Å². The molecule has 0 aliphatic carbocycles. The zero-order valence-electron chi connectivity index (χ0n) is 12.1. The lowest BCUT2D eigenvalue weighted by atomic mass is 10.2. The topological polar surface area (TPSA) is 98.4 Å². The number of hydrogen-bond donors (Lipinski definition) is 2. The average Bonchev–Trinajstić information content (AvgIpc) is 2.47. The number of carbonyl (C=O) groups excluding carboxylic acids is 2. The summed E-state index contributed by atoms with van der Waals surface area (Å²) in [7, 11) is 0. The van der Waals surface area contributed by atoms with E-state index in [4.69, 9.17) is 0 Å². The Labute approximate surface area is 122 Å². The Kier molecular flexibility index (Phi) is 4.56. The van der Waals surface area contributed by atoms with Crippen molar-refractivity contribution in [3.8, 4) is 0 Å². The van der Waals surface area contributed by atoms with Gasteiger partial charge >= 0.3 is 6.03 Å². The number of nitrogens with one attached hydrogen (secondary N) is 2. The van der Waals surface area contributed by atoms with Crippen LogP contribution in [0.25, 0.3) is 0 Å². The third-order valence-corrected chi connectivity index (χ3v) is 3.16. The Morgan fingerprint density at radius 1 is 1.19 bits per heavy atom. The molecule has 0 aromatic carbocycles. The van der Waals surface area contributed by atoms with Crippen molar-refractivity contribution >= 4 is 11.9 Å². The molecule has 0 radical (unpaired) electrons. The van der Waals surface area contributed by atoms with Crippen LogP contribution in [-0.4, -0.2) is 64.2 Å². The van der Waals surface area contributed by atoms with E-state index in [9.17, 15) is 14.4 Å². The van der Waals surface area contributed by atoms with Crippen LogP contribution in [0.5, 0.6) is 0 Å². The highest BCUT2D eigenvalue weighted by atomic mass is 16.2. The quantitative estimate of drug-likeness (QED) is 0.778. The molecule has 114 valence electrons. The Balaban J connectivity index is 1.91. The maximum absolute atomic E-state index is 12.2. The lowest BCUT2D eigenvalue weighted by Crippen LogP contribution is -2.54. The second-order valence-corrected chi connectivity index (χ2v) is 5.19.